The van der Waals surface area contributed by atoms with Gasteiger partial charge in [0, 0.05) is 33.5 Å². The highest BCUT2D eigenvalue weighted by Gasteiger charge is 2.16. The number of aromatic nitrogens is 1. The van der Waals surface area contributed by atoms with Gasteiger partial charge < -0.3 is 9.47 Å². The fourth-order valence-corrected chi connectivity index (χ4v) is 7.82. The highest BCUT2D eigenvalue weighted by Crippen LogP contribution is 2.40. The molecule has 0 aliphatic heterocycles. The molecule has 2 heteroatoms. The van der Waals surface area contributed by atoms with Gasteiger partial charge in [-0.2, -0.15) is 0 Å². The van der Waals surface area contributed by atoms with Crippen molar-refractivity contribution in [3.8, 4) is 27.9 Å². The van der Waals surface area contributed by atoms with Crippen LogP contribution in [0.4, 0.5) is 17.1 Å². The topological polar surface area (TPSA) is 8.17 Å². The third-order valence-corrected chi connectivity index (χ3v) is 10.4. The van der Waals surface area contributed by atoms with Crippen molar-refractivity contribution in [1.29, 1.82) is 0 Å². The van der Waals surface area contributed by atoms with E-state index in [0.717, 1.165) is 17.1 Å². The molecule has 0 N–H and O–H groups in total. The van der Waals surface area contributed by atoms with Crippen LogP contribution < -0.4 is 4.90 Å². The van der Waals surface area contributed by atoms with Gasteiger partial charge in [-0.3, -0.25) is 0 Å². The number of hydrogen-bond donors (Lipinski definition) is 0. The van der Waals surface area contributed by atoms with Crippen molar-refractivity contribution in [2.75, 3.05) is 4.90 Å². The lowest BCUT2D eigenvalue weighted by Crippen LogP contribution is -2.09. The fraction of sp³-hybridized carbons (Fsp3) is 0. The second-order valence-electron chi connectivity index (χ2n) is 13.4. The Morgan fingerprint density at radius 3 is 1.52 bits per heavy atom. The fourth-order valence-electron chi connectivity index (χ4n) is 7.82. The van der Waals surface area contributed by atoms with Crippen molar-refractivity contribution in [2.24, 2.45) is 0 Å². The zero-order valence-electron chi connectivity index (χ0n) is 28.5. The molecule has 0 unspecified atom stereocenters. The monoisotopic (exact) mass is 662 g/mol. The maximum Gasteiger partial charge on any atom is 0.0541 e. The van der Waals surface area contributed by atoms with Crippen LogP contribution >= 0.6 is 0 Å². The Morgan fingerprint density at radius 1 is 0.288 bits per heavy atom. The Morgan fingerprint density at radius 2 is 0.788 bits per heavy atom. The number of nitrogens with zero attached hydrogens (tertiary/aromatic N) is 2. The molecule has 0 spiro atoms. The van der Waals surface area contributed by atoms with E-state index in [1.54, 1.807) is 0 Å². The maximum absolute atomic E-state index is 2.37. The van der Waals surface area contributed by atoms with Crippen LogP contribution in [0.25, 0.3) is 71.3 Å². The van der Waals surface area contributed by atoms with E-state index in [2.05, 4.69) is 216 Å². The lowest BCUT2D eigenvalue weighted by atomic mass is 10.00. The molecule has 0 saturated heterocycles. The van der Waals surface area contributed by atoms with Gasteiger partial charge in [0.15, 0.2) is 0 Å². The van der Waals surface area contributed by atoms with E-state index in [4.69, 9.17) is 0 Å². The summed E-state index contributed by atoms with van der Waals surface area (Å²) in [5.41, 5.74) is 11.7. The van der Waals surface area contributed by atoms with Crippen LogP contribution in [0.1, 0.15) is 0 Å². The lowest BCUT2D eigenvalue weighted by Gasteiger charge is -2.26. The number of benzene rings is 9. The summed E-state index contributed by atoms with van der Waals surface area (Å²) in [4.78, 5) is 2.37. The van der Waals surface area contributed by atoms with Crippen LogP contribution in [0.5, 0.6) is 0 Å². The minimum atomic E-state index is 1.11. The predicted molar refractivity (Wildman–Crippen MR) is 221 cm³/mol. The van der Waals surface area contributed by atoms with Gasteiger partial charge in [0.05, 0.1) is 11.0 Å². The Kier molecular flexibility index (Phi) is 7.18. The Balaban J connectivity index is 1.08. The minimum absolute atomic E-state index is 1.11. The largest absolute Gasteiger partial charge is 0.310 e. The van der Waals surface area contributed by atoms with Gasteiger partial charge in [0.25, 0.3) is 0 Å². The van der Waals surface area contributed by atoms with Crippen molar-refractivity contribution < 1.29 is 0 Å². The molecule has 9 aromatic carbocycles. The van der Waals surface area contributed by atoms with Gasteiger partial charge in [-0.15, -0.1) is 0 Å². The maximum atomic E-state index is 2.37. The van der Waals surface area contributed by atoms with Gasteiger partial charge >= 0.3 is 0 Å². The molecular formula is C50H34N2. The smallest absolute Gasteiger partial charge is 0.0541 e. The molecule has 10 rings (SSSR count). The first-order valence-electron chi connectivity index (χ1n) is 17.8. The molecule has 244 valence electrons. The lowest BCUT2D eigenvalue weighted by molar-refractivity contribution is 1.18. The van der Waals surface area contributed by atoms with Crippen molar-refractivity contribution in [1.82, 2.24) is 4.57 Å². The van der Waals surface area contributed by atoms with Crippen molar-refractivity contribution >= 4 is 60.4 Å². The SMILES string of the molecule is c1ccc(-c2ccc(N(c3ccc(-c4ccc5c(c4)c4ccccc4n5-c4ccccc4)cc3)c3ccc4ccc5ccccc5c4c3)cc2)cc1. The summed E-state index contributed by atoms with van der Waals surface area (Å²) in [6.07, 6.45) is 0. The van der Waals surface area contributed by atoms with E-state index < -0.39 is 0 Å². The Bertz CT molecular complexity index is 2870. The van der Waals surface area contributed by atoms with E-state index in [0.29, 0.717) is 0 Å². The molecule has 0 saturated carbocycles. The van der Waals surface area contributed by atoms with Crippen LogP contribution in [0.3, 0.4) is 0 Å². The molecule has 10 aromatic rings. The molecule has 1 heterocycles. The highest BCUT2D eigenvalue weighted by atomic mass is 15.1. The first kappa shape index (κ1) is 30.0. The van der Waals surface area contributed by atoms with Crippen LogP contribution in [0, 0.1) is 0 Å². The molecule has 0 aliphatic carbocycles. The first-order chi connectivity index (χ1) is 25.8. The first-order valence-corrected chi connectivity index (χ1v) is 17.8. The summed E-state index contributed by atoms with van der Waals surface area (Å²) in [5.74, 6) is 0. The van der Waals surface area contributed by atoms with Crippen molar-refractivity contribution in [2.45, 2.75) is 0 Å². The predicted octanol–water partition coefficient (Wildman–Crippen LogP) is 13.9. The average molecular weight is 663 g/mol. The molecule has 0 amide bonds. The Labute approximate surface area is 303 Å². The van der Waals surface area contributed by atoms with Gasteiger partial charge in [-0.1, -0.05) is 140 Å². The number of fused-ring (bicyclic) bond motifs is 6. The van der Waals surface area contributed by atoms with E-state index in [1.807, 2.05) is 0 Å². The zero-order valence-corrected chi connectivity index (χ0v) is 28.5. The number of para-hydroxylation sites is 2. The second kappa shape index (κ2) is 12.5. The standard InChI is InChI=1S/C50H34N2/c1-3-11-35(12-4-1)36-21-27-42(28-22-36)51(44-31-25-39-20-19-38-13-7-8-16-45(38)47(39)34-44)43-29-23-37(24-30-43)40-26-32-50-48(33-40)46-17-9-10-18-49(46)52(50)41-14-5-2-6-15-41/h1-34H. The molecule has 52 heavy (non-hydrogen) atoms. The second-order valence-corrected chi connectivity index (χ2v) is 13.4. The minimum Gasteiger partial charge on any atom is -0.310 e. The van der Waals surface area contributed by atoms with Crippen molar-refractivity contribution in [3.63, 3.8) is 0 Å². The molecule has 0 radical (unpaired) electrons. The number of rotatable bonds is 6. The van der Waals surface area contributed by atoms with Crippen LogP contribution in [0.2, 0.25) is 0 Å². The summed E-state index contributed by atoms with van der Waals surface area (Å²) in [6.45, 7) is 0. The normalized spacial score (nSPS) is 11.5. The summed E-state index contributed by atoms with van der Waals surface area (Å²) in [7, 11) is 0. The molecule has 0 fully saturated rings. The van der Waals surface area contributed by atoms with Gasteiger partial charge in [-0.05, 0) is 111 Å². The summed E-state index contributed by atoms with van der Waals surface area (Å²) < 4.78 is 2.37. The highest BCUT2D eigenvalue weighted by molar-refractivity contribution is 6.11. The molecule has 1 aromatic heterocycles. The summed E-state index contributed by atoms with van der Waals surface area (Å²) in [6, 6.07) is 74.7. The van der Waals surface area contributed by atoms with Crippen molar-refractivity contribution in [3.05, 3.63) is 206 Å². The summed E-state index contributed by atoms with van der Waals surface area (Å²) in [5, 5.41) is 7.51. The van der Waals surface area contributed by atoms with E-state index in [9.17, 15) is 0 Å². The van der Waals surface area contributed by atoms with Gasteiger partial charge in [0.2, 0.25) is 0 Å². The zero-order chi connectivity index (χ0) is 34.4. The molecule has 0 bridgehead atoms. The third-order valence-electron chi connectivity index (χ3n) is 10.4. The van der Waals surface area contributed by atoms with E-state index in [-0.39, 0.29) is 0 Å². The molecular weight excluding hydrogens is 629 g/mol. The van der Waals surface area contributed by atoms with Crippen LogP contribution in [-0.2, 0) is 0 Å². The average Bonchev–Trinajstić information content (AvgIpc) is 3.56. The number of hydrogen-bond acceptors (Lipinski definition) is 1. The Hall–Kier alpha value is -6.90. The molecule has 0 aliphatic rings. The third kappa shape index (κ3) is 5.12. The molecule has 0 atom stereocenters. The van der Waals surface area contributed by atoms with Gasteiger partial charge in [0.1, 0.15) is 0 Å². The number of anilines is 3. The molecule has 2 nitrogen and oxygen atoms in total. The van der Waals surface area contributed by atoms with Crippen LogP contribution in [0.15, 0.2) is 206 Å². The van der Waals surface area contributed by atoms with E-state index in [1.165, 1.54) is 71.3 Å². The van der Waals surface area contributed by atoms with E-state index >= 15 is 0 Å². The summed E-state index contributed by atoms with van der Waals surface area (Å²) >= 11 is 0. The quantitative estimate of drug-likeness (QED) is 0.161. The van der Waals surface area contributed by atoms with Gasteiger partial charge in [-0.25, -0.2) is 0 Å². The van der Waals surface area contributed by atoms with Crippen LogP contribution in [-0.4, -0.2) is 4.57 Å².